The Morgan fingerprint density at radius 1 is 1.17 bits per heavy atom. The molecule has 2 aliphatic rings. The fourth-order valence-corrected chi connectivity index (χ4v) is 5.46. The van der Waals surface area contributed by atoms with Crippen LogP contribution in [0.2, 0.25) is 0 Å². The summed E-state index contributed by atoms with van der Waals surface area (Å²) in [6.07, 6.45) is 7.69. The number of amides is 3. The molecule has 10 nitrogen and oxygen atoms in total. The summed E-state index contributed by atoms with van der Waals surface area (Å²) >= 11 is 0. The van der Waals surface area contributed by atoms with Gasteiger partial charge in [-0.3, -0.25) is 14.4 Å². The smallest absolute Gasteiger partial charge is 0.251 e. The van der Waals surface area contributed by atoms with E-state index in [1.807, 2.05) is 6.07 Å². The van der Waals surface area contributed by atoms with Crippen LogP contribution in [-0.4, -0.2) is 61.4 Å². The van der Waals surface area contributed by atoms with Gasteiger partial charge in [-0.1, -0.05) is 55.5 Å². The number of nitrogens with two attached hydrogens (primary N) is 1. The SMILES string of the molecule is CC(C)(O)c1cnnn1C1CC(C(N)=O)N(C(=O)[C@@H](CC2CCCCC2)NC(=O)c2ccccc2)C1. The van der Waals surface area contributed by atoms with E-state index in [-0.39, 0.29) is 30.8 Å². The van der Waals surface area contributed by atoms with Crippen LogP contribution >= 0.6 is 0 Å². The zero-order valence-corrected chi connectivity index (χ0v) is 21.0. The van der Waals surface area contributed by atoms with Crippen molar-refractivity contribution in [1.82, 2.24) is 25.2 Å². The molecular weight excluding hydrogens is 460 g/mol. The minimum absolute atomic E-state index is 0.182. The molecule has 1 saturated carbocycles. The summed E-state index contributed by atoms with van der Waals surface area (Å²) in [5.74, 6) is -0.925. The number of hydrogen-bond donors (Lipinski definition) is 3. The van der Waals surface area contributed by atoms with Gasteiger partial charge in [0.05, 0.1) is 17.9 Å². The summed E-state index contributed by atoms with van der Waals surface area (Å²) in [6, 6.07) is 6.80. The number of nitrogens with one attached hydrogen (secondary N) is 1. The second-order valence-corrected chi connectivity index (χ2v) is 10.6. The molecule has 1 aliphatic heterocycles. The molecule has 2 unspecified atom stereocenters. The molecule has 2 heterocycles. The summed E-state index contributed by atoms with van der Waals surface area (Å²) in [7, 11) is 0. The second-order valence-electron chi connectivity index (χ2n) is 10.6. The van der Waals surface area contributed by atoms with Gasteiger partial charge in [0.1, 0.15) is 17.7 Å². The van der Waals surface area contributed by atoms with E-state index < -0.39 is 23.6 Å². The van der Waals surface area contributed by atoms with E-state index in [0.717, 1.165) is 25.7 Å². The summed E-state index contributed by atoms with van der Waals surface area (Å²) in [6.45, 7) is 3.44. The molecule has 0 spiro atoms. The van der Waals surface area contributed by atoms with Crippen LogP contribution in [0.15, 0.2) is 36.5 Å². The molecule has 194 valence electrons. The Morgan fingerprint density at radius 3 is 2.50 bits per heavy atom. The van der Waals surface area contributed by atoms with Crippen LogP contribution in [0.4, 0.5) is 0 Å². The average molecular weight is 497 g/mol. The zero-order valence-electron chi connectivity index (χ0n) is 21.0. The van der Waals surface area contributed by atoms with E-state index in [4.69, 9.17) is 5.73 Å². The van der Waals surface area contributed by atoms with Crippen molar-refractivity contribution in [2.75, 3.05) is 6.54 Å². The maximum absolute atomic E-state index is 13.9. The lowest BCUT2D eigenvalue weighted by Crippen LogP contribution is -2.53. The van der Waals surface area contributed by atoms with Crippen molar-refractivity contribution in [3.05, 3.63) is 47.8 Å². The minimum atomic E-state index is -1.20. The van der Waals surface area contributed by atoms with Crippen LogP contribution in [0, 0.1) is 5.92 Å². The lowest BCUT2D eigenvalue weighted by atomic mass is 9.84. The third kappa shape index (κ3) is 5.75. The molecule has 1 aromatic carbocycles. The third-order valence-corrected chi connectivity index (χ3v) is 7.37. The Kier molecular flexibility index (Phi) is 7.73. The van der Waals surface area contributed by atoms with Crippen LogP contribution in [0.1, 0.15) is 80.9 Å². The maximum Gasteiger partial charge on any atom is 0.251 e. The first-order valence-corrected chi connectivity index (χ1v) is 12.7. The van der Waals surface area contributed by atoms with Crippen molar-refractivity contribution in [2.24, 2.45) is 11.7 Å². The number of aliphatic hydroxyl groups is 1. The Balaban J connectivity index is 1.58. The van der Waals surface area contributed by atoms with Crippen LogP contribution in [0.5, 0.6) is 0 Å². The Labute approximate surface area is 211 Å². The van der Waals surface area contributed by atoms with E-state index in [1.165, 1.54) is 17.5 Å². The standard InChI is InChI=1S/C26H36N6O4/c1-26(2,36)22-15-28-30-32(22)19-14-21(23(27)33)31(16-19)25(35)20(13-17-9-5-3-6-10-17)29-24(34)18-11-7-4-8-12-18/h4,7-8,11-12,15,17,19-21,36H,3,5-6,9-10,13-14,16H2,1-2H3,(H2,27,33)(H,29,34)/t19?,20-,21?/m1/s1. The van der Waals surface area contributed by atoms with E-state index in [0.29, 0.717) is 23.6 Å². The number of aromatic nitrogens is 3. The van der Waals surface area contributed by atoms with Gasteiger partial charge in [-0.15, -0.1) is 5.10 Å². The first kappa shape index (κ1) is 25.8. The van der Waals surface area contributed by atoms with Crippen LogP contribution in [0.3, 0.4) is 0 Å². The van der Waals surface area contributed by atoms with Crippen molar-refractivity contribution in [3.63, 3.8) is 0 Å². The largest absolute Gasteiger partial charge is 0.384 e. The Bertz CT molecular complexity index is 1070. The Morgan fingerprint density at radius 2 is 1.86 bits per heavy atom. The molecule has 4 N–H and O–H groups in total. The molecule has 3 amide bonds. The summed E-state index contributed by atoms with van der Waals surface area (Å²) < 4.78 is 1.57. The van der Waals surface area contributed by atoms with Gasteiger partial charge in [-0.25, -0.2) is 4.68 Å². The van der Waals surface area contributed by atoms with Crippen LogP contribution in [0.25, 0.3) is 0 Å². The van der Waals surface area contributed by atoms with E-state index >= 15 is 0 Å². The first-order chi connectivity index (χ1) is 17.1. The van der Waals surface area contributed by atoms with Crippen molar-refractivity contribution in [2.45, 2.75) is 82.5 Å². The number of rotatable bonds is 8. The van der Waals surface area contributed by atoms with Gasteiger partial charge in [-0.2, -0.15) is 0 Å². The minimum Gasteiger partial charge on any atom is -0.384 e. The quantitative estimate of drug-likeness (QED) is 0.509. The maximum atomic E-state index is 13.9. The topological polar surface area (TPSA) is 143 Å². The Hall–Kier alpha value is -3.27. The van der Waals surface area contributed by atoms with Gasteiger partial charge < -0.3 is 21.1 Å². The van der Waals surface area contributed by atoms with Crippen LogP contribution in [-0.2, 0) is 15.2 Å². The number of hydrogen-bond acceptors (Lipinski definition) is 6. The molecule has 36 heavy (non-hydrogen) atoms. The molecule has 10 heteroatoms. The molecule has 2 fully saturated rings. The molecule has 3 atom stereocenters. The van der Waals surface area contributed by atoms with Crippen molar-refractivity contribution < 1.29 is 19.5 Å². The molecule has 2 aromatic rings. The average Bonchev–Trinajstić information content (AvgIpc) is 3.52. The van der Waals surface area contributed by atoms with Gasteiger partial charge in [0, 0.05) is 18.5 Å². The molecule has 4 rings (SSSR count). The summed E-state index contributed by atoms with van der Waals surface area (Å²) in [4.78, 5) is 40.8. The lowest BCUT2D eigenvalue weighted by molar-refractivity contribution is -0.139. The number of benzene rings is 1. The molecule has 0 bridgehead atoms. The second kappa shape index (κ2) is 10.8. The summed E-state index contributed by atoms with van der Waals surface area (Å²) in [5.41, 5.74) is 5.49. The molecule has 0 radical (unpaired) electrons. The predicted octanol–water partition coefficient (Wildman–Crippen LogP) is 1.90. The van der Waals surface area contributed by atoms with E-state index in [2.05, 4.69) is 15.6 Å². The van der Waals surface area contributed by atoms with Gasteiger partial charge in [0.2, 0.25) is 11.8 Å². The highest BCUT2D eigenvalue weighted by Gasteiger charge is 2.44. The molecular formula is C26H36N6O4. The fourth-order valence-electron chi connectivity index (χ4n) is 5.46. The first-order valence-electron chi connectivity index (χ1n) is 12.7. The highest BCUT2D eigenvalue weighted by Crippen LogP contribution is 2.33. The highest BCUT2D eigenvalue weighted by atomic mass is 16.3. The van der Waals surface area contributed by atoms with Crippen molar-refractivity contribution >= 4 is 17.7 Å². The van der Waals surface area contributed by atoms with Crippen molar-refractivity contribution in [3.8, 4) is 0 Å². The van der Waals surface area contributed by atoms with Gasteiger partial charge in [-0.05, 0) is 38.3 Å². The zero-order chi connectivity index (χ0) is 25.9. The highest BCUT2D eigenvalue weighted by molar-refractivity contribution is 5.98. The van der Waals surface area contributed by atoms with Crippen LogP contribution < -0.4 is 11.1 Å². The number of carbonyl (C=O) groups excluding carboxylic acids is 3. The summed E-state index contributed by atoms with van der Waals surface area (Å²) in [5, 5.41) is 21.5. The normalized spacial score (nSPS) is 21.8. The lowest BCUT2D eigenvalue weighted by Gasteiger charge is -2.31. The number of nitrogens with zero attached hydrogens (tertiary/aromatic N) is 4. The van der Waals surface area contributed by atoms with Crippen molar-refractivity contribution in [1.29, 1.82) is 0 Å². The fraction of sp³-hybridized carbons (Fsp3) is 0.577. The predicted molar refractivity (Wildman–Crippen MR) is 133 cm³/mol. The van der Waals surface area contributed by atoms with Gasteiger partial charge in [0.25, 0.3) is 5.91 Å². The number of carbonyl (C=O) groups is 3. The van der Waals surface area contributed by atoms with E-state index in [1.54, 1.807) is 42.8 Å². The van der Waals surface area contributed by atoms with Gasteiger partial charge >= 0.3 is 0 Å². The van der Waals surface area contributed by atoms with E-state index in [9.17, 15) is 19.5 Å². The molecule has 1 saturated heterocycles. The number of primary amides is 1. The number of likely N-dealkylation sites (tertiary alicyclic amines) is 1. The molecule has 1 aromatic heterocycles. The monoisotopic (exact) mass is 496 g/mol. The third-order valence-electron chi connectivity index (χ3n) is 7.37. The molecule has 1 aliphatic carbocycles. The van der Waals surface area contributed by atoms with Gasteiger partial charge in [0.15, 0.2) is 0 Å².